The van der Waals surface area contributed by atoms with Gasteiger partial charge in [0.2, 0.25) is 0 Å². The molecule has 266 valence electrons. The smallest absolute Gasteiger partial charge is 0.423 e. The van der Waals surface area contributed by atoms with Crippen LogP contribution in [0.1, 0.15) is 88.9 Å². The third-order valence-corrected chi connectivity index (χ3v) is 10.6. The zero-order chi connectivity index (χ0) is 36.6. The van der Waals surface area contributed by atoms with Gasteiger partial charge in [-0.2, -0.15) is 0 Å². The lowest BCUT2D eigenvalue weighted by molar-refractivity contribution is -0.156. The monoisotopic (exact) mass is 786 g/mol. The van der Waals surface area contributed by atoms with Crippen molar-refractivity contribution in [3.63, 3.8) is 0 Å². The van der Waals surface area contributed by atoms with Crippen LogP contribution in [0.5, 0.6) is 11.5 Å². The van der Waals surface area contributed by atoms with E-state index in [2.05, 4.69) is 0 Å². The number of carbonyl (C=O) groups is 4. The van der Waals surface area contributed by atoms with Crippen LogP contribution in [-0.2, 0) is 19.1 Å². The molecule has 0 heterocycles. The van der Waals surface area contributed by atoms with E-state index in [0.717, 1.165) is 25.0 Å². The molecule has 0 aliphatic carbocycles. The molecular weight excluding hydrogens is 749 g/mol. The summed E-state index contributed by atoms with van der Waals surface area (Å²) in [4.78, 5) is 52.7. The number of ether oxygens (including phenoxy) is 4. The third-order valence-electron chi connectivity index (χ3n) is 8.49. The van der Waals surface area contributed by atoms with E-state index in [0.29, 0.717) is 0 Å². The van der Waals surface area contributed by atoms with Crippen molar-refractivity contribution in [2.75, 3.05) is 13.2 Å². The highest BCUT2D eigenvalue weighted by atomic mass is 35.5. The second-order valence-corrected chi connectivity index (χ2v) is 14.7. The lowest BCUT2D eigenvalue weighted by Crippen LogP contribution is -2.28. The first-order chi connectivity index (χ1) is 22.4. The van der Waals surface area contributed by atoms with Crippen molar-refractivity contribution in [2.24, 2.45) is 35.5 Å². The van der Waals surface area contributed by atoms with Gasteiger partial charge in [0.25, 0.3) is 0 Å². The van der Waals surface area contributed by atoms with E-state index < -0.39 is 46.5 Å². The van der Waals surface area contributed by atoms with E-state index in [1.54, 1.807) is 0 Å². The topological polar surface area (TPSA) is 105 Å². The van der Waals surface area contributed by atoms with E-state index in [-0.39, 0.29) is 78.9 Å². The van der Waals surface area contributed by atoms with E-state index in [1.165, 1.54) is 0 Å². The Bertz CT molecular complexity index is 1400. The molecule has 0 aromatic heterocycles. The molecule has 2 aromatic carbocycles. The standard InChI is InChI=1S/C34H40Cl6O8/c1-9-17(7)19(15(3)4)13-45-31(41)25-27(39)21(35)11-23(37)29(25)47-33(43)34(44)48-30-24(38)12-22(36)28(40)26(30)32(42)46-14-20(16(5)6)18(8)10-2/h11-12,15-20H,9-10,13-14H2,1-8H3. The van der Waals surface area contributed by atoms with Crippen molar-refractivity contribution in [1.82, 2.24) is 0 Å². The summed E-state index contributed by atoms with van der Waals surface area (Å²) < 4.78 is 21.6. The summed E-state index contributed by atoms with van der Waals surface area (Å²) in [6.07, 6.45) is 1.71. The molecule has 0 aliphatic heterocycles. The Morgan fingerprint density at radius 2 is 0.875 bits per heavy atom. The van der Waals surface area contributed by atoms with Gasteiger partial charge in [-0.05, 0) is 47.6 Å². The van der Waals surface area contributed by atoms with E-state index in [4.69, 9.17) is 88.6 Å². The molecule has 0 amide bonds. The summed E-state index contributed by atoms with van der Waals surface area (Å²) in [5.41, 5.74) is -0.945. The highest BCUT2D eigenvalue weighted by molar-refractivity contribution is 6.47. The van der Waals surface area contributed by atoms with Gasteiger partial charge in [-0.3, -0.25) is 0 Å². The van der Waals surface area contributed by atoms with E-state index in [9.17, 15) is 19.2 Å². The van der Waals surface area contributed by atoms with Gasteiger partial charge in [-0.25, -0.2) is 19.2 Å². The number of halogens is 6. The number of hydrogen-bond acceptors (Lipinski definition) is 8. The van der Waals surface area contributed by atoms with Crippen molar-refractivity contribution in [1.29, 1.82) is 0 Å². The highest BCUT2D eigenvalue weighted by Crippen LogP contribution is 2.42. The maximum absolute atomic E-state index is 13.3. The molecule has 0 saturated heterocycles. The Hall–Kier alpha value is -1.94. The molecule has 2 rings (SSSR count). The lowest BCUT2D eigenvalue weighted by atomic mass is 9.84. The number of benzene rings is 2. The van der Waals surface area contributed by atoms with Crippen LogP contribution in [0, 0.1) is 35.5 Å². The predicted octanol–water partition coefficient (Wildman–Crippen LogP) is 11.1. The summed E-state index contributed by atoms with van der Waals surface area (Å²) in [7, 11) is 0. The van der Waals surface area contributed by atoms with Gasteiger partial charge >= 0.3 is 23.9 Å². The van der Waals surface area contributed by atoms with Crippen molar-refractivity contribution >= 4 is 93.5 Å². The summed E-state index contributed by atoms with van der Waals surface area (Å²) in [5.74, 6) is -5.59. The molecule has 8 nitrogen and oxygen atoms in total. The van der Waals surface area contributed by atoms with Gasteiger partial charge in [-0.15, -0.1) is 0 Å². The second-order valence-electron chi connectivity index (χ2n) is 12.3. The number of rotatable bonds is 14. The average Bonchev–Trinajstić information content (AvgIpc) is 3.01. The van der Waals surface area contributed by atoms with Crippen LogP contribution in [0.25, 0.3) is 0 Å². The van der Waals surface area contributed by atoms with Gasteiger partial charge in [0, 0.05) is 0 Å². The number of esters is 4. The fourth-order valence-corrected chi connectivity index (χ4v) is 6.55. The van der Waals surface area contributed by atoms with Crippen LogP contribution in [-0.4, -0.2) is 37.1 Å². The van der Waals surface area contributed by atoms with Crippen LogP contribution < -0.4 is 9.47 Å². The van der Waals surface area contributed by atoms with Crippen LogP contribution >= 0.6 is 69.6 Å². The minimum absolute atomic E-state index is 0.0106. The van der Waals surface area contributed by atoms with Crippen LogP contribution in [0.4, 0.5) is 0 Å². The van der Waals surface area contributed by atoms with Crippen molar-refractivity contribution < 1.29 is 38.1 Å². The number of hydrogen-bond donors (Lipinski definition) is 0. The maximum Gasteiger partial charge on any atom is 0.423 e. The first-order valence-corrected chi connectivity index (χ1v) is 17.8. The van der Waals surface area contributed by atoms with Gasteiger partial charge in [0.05, 0.1) is 43.3 Å². The molecular formula is C34H40Cl6O8. The third kappa shape index (κ3) is 10.5. The molecule has 4 unspecified atom stereocenters. The maximum atomic E-state index is 13.3. The Kier molecular flexibility index (Phi) is 16.6. The van der Waals surface area contributed by atoms with Crippen molar-refractivity contribution in [2.45, 2.75) is 68.2 Å². The molecule has 0 N–H and O–H groups in total. The number of carbonyl (C=O) groups excluding carboxylic acids is 4. The SMILES string of the molecule is CCC(C)C(COC(=O)c1c(Cl)c(Cl)cc(Cl)c1OC(=O)C(=O)Oc1c(Cl)cc(Cl)c(Cl)c1C(=O)OCC(C(C)C)C(C)CC)C(C)C. The van der Waals surface area contributed by atoms with E-state index in [1.807, 2.05) is 55.4 Å². The molecule has 48 heavy (non-hydrogen) atoms. The van der Waals surface area contributed by atoms with E-state index >= 15 is 0 Å². The van der Waals surface area contributed by atoms with Crippen LogP contribution in [0.2, 0.25) is 30.1 Å². The molecule has 0 saturated carbocycles. The summed E-state index contributed by atoms with van der Waals surface area (Å²) in [5, 5.41) is -1.53. The first-order valence-electron chi connectivity index (χ1n) is 15.5. The van der Waals surface area contributed by atoms with Gasteiger partial charge in [0.1, 0.15) is 11.1 Å². The Balaban J connectivity index is 2.41. The molecule has 0 fully saturated rings. The zero-order valence-corrected chi connectivity index (χ0v) is 32.5. The molecule has 14 heteroatoms. The predicted molar refractivity (Wildman–Crippen MR) is 190 cm³/mol. The fraction of sp³-hybridized carbons (Fsp3) is 0.529. The fourth-order valence-electron chi connectivity index (χ4n) is 5.11. The van der Waals surface area contributed by atoms with Crippen molar-refractivity contribution in [3.05, 3.63) is 53.4 Å². The lowest BCUT2D eigenvalue weighted by Gasteiger charge is -2.26. The molecule has 0 bridgehead atoms. The molecule has 0 aliphatic rings. The van der Waals surface area contributed by atoms with Gasteiger partial charge in [-0.1, -0.05) is 138 Å². The van der Waals surface area contributed by atoms with Gasteiger partial charge < -0.3 is 18.9 Å². The normalized spacial score (nSPS) is 13.9. The molecule has 2 aromatic rings. The summed E-state index contributed by atoms with van der Waals surface area (Å²) in [6.45, 7) is 16.2. The second kappa shape index (κ2) is 18.9. The largest absolute Gasteiger partial charge is 0.462 e. The Morgan fingerprint density at radius 3 is 1.15 bits per heavy atom. The quantitative estimate of drug-likeness (QED) is 0.0806. The minimum Gasteiger partial charge on any atom is -0.462 e. The molecule has 4 atom stereocenters. The van der Waals surface area contributed by atoms with Crippen LogP contribution in [0.3, 0.4) is 0 Å². The van der Waals surface area contributed by atoms with Crippen molar-refractivity contribution in [3.8, 4) is 11.5 Å². The Morgan fingerprint density at radius 1 is 0.562 bits per heavy atom. The van der Waals surface area contributed by atoms with Gasteiger partial charge in [0.15, 0.2) is 11.5 Å². The molecule has 0 spiro atoms. The van der Waals surface area contributed by atoms with Crippen LogP contribution in [0.15, 0.2) is 12.1 Å². The zero-order valence-electron chi connectivity index (χ0n) is 28.0. The minimum atomic E-state index is -1.65. The Labute approximate surface area is 311 Å². The first kappa shape index (κ1) is 42.2. The molecule has 0 radical (unpaired) electrons. The average molecular weight is 789 g/mol. The summed E-state index contributed by atoms with van der Waals surface area (Å²) in [6, 6.07) is 2.25. The summed E-state index contributed by atoms with van der Waals surface area (Å²) >= 11 is 37.6. The highest BCUT2D eigenvalue weighted by Gasteiger charge is 2.33.